The van der Waals surface area contributed by atoms with Gasteiger partial charge in [0.1, 0.15) is 11.5 Å². The maximum atomic E-state index is 12.0. The summed E-state index contributed by atoms with van der Waals surface area (Å²) in [4.78, 5) is 34.6. The van der Waals surface area contributed by atoms with Gasteiger partial charge < -0.3 is 16.2 Å². The minimum Gasteiger partial charge on any atom is -0.463 e. The Hall–Kier alpha value is -2.25. The lowest BCUT2D eigenvalue weighted by molar-refractivity contribution is -0.145. The van der Waals surface area contributed by atoms with Crippen molar-refractivity contribution in [1.29, 1.82) is 0 Å². The van der Waals surface area contributed by atoms with Crippen LogP contribution < -0.4 is 22.7 Å². The van der Waals surface area contributed by atoms with Crippen LogP contribution in [0.5, 0.6) is 0 Å². The van der Waals surface area contributed by atoms with Crippen LogP contribution in [0.25, 0.3) is 0 Å². The summed E-state index contributed by atoms with van der Waals surface area (Å²) in [7, 11) is 1.47. The van der Waals surface area contributed by atoms with Gasteiger partial charge in [-0.05, 0) is 26.2 Å². The first-order chi connectivity index (χ1) is 9.75. The molecule has 21 heavy (non-hydrogen) atoms. The first kappa shape index (κ1) is 16.8. The lowest BCUT2D eigenvalue weighted by atomic mass is 10.2. The number of hydrogen-bond donors (Lipinski definition) is 2. The summed E-state index contributed by atoms with van der Waals surface area (Å²) < 4.78 is 7.22. The van der Waals surface area contributed by atoms with E-state index in [2.05, 4.69) is 0 Å². The number of unbranched alkanes of at least 4 members (excludes halogenated alkanes) is 1. The maximum Gasteiger partial charge on any atom is 0.332 e. The van der Waals surface area contributed by atoms with Crippen molar-refractivity contribution in [3.63, 3.8) is 0 Å². The van der Waals surface area contributed by atoms with Crippen molar-refractivity contribution >= 4 is 17.5 Å². The largest absolute Gasteiger partial charge is 0.463 e. The number of carbonyl (C=O) groups is 1. The average Bonchev–Trinajstić information content (AvgIpc) is 2.41. The van der Waals surface area contributed by atoms with Crippen LogP contribution >= 0.6 is 0 Å². The molecule has 0 aliphatic rings. The Morgan fingerprint density at radius 3 is 2.48 bits per heavy atom. The number of rotatable bonds is 6. The summed E-state index contributed by atoms with van der Waals surface area (Å²) in [5.41, 5.74) is 9.98. The normalized spacial score (nSPS) is 12.1. The molecule has 1 atom stereocenters. The molecule has 1 aromatic heterocycles. The molecule has 0 saturated heterocycles. The van der Waals surface area contributed by atoms with Gasteiger partial charge in [-0.25, -0.2) is 4.79 Å². The highest BCUT2D eigenvalue weighted by Crippen LogP contribution is 2.07. The third-order valence-corrected chi connectivity index (χ3v) is 3.24. The molecule has 0 radical (unpaired) electrons. The zero-order valence-electron chi connectivity index (χ0n) is 12.6. The van der Waals surface area contributed by atoms with Crippen LogP contribution in [-0.2, 0) is 23.1 Å². The van der Waals surface area contributed by atoms with E-state index in [4.69, 9.17) is 16.2 Å². The van der Waals surface area contributed by atoms with Crippen LogP contribution in [0.3, 0.4) is 0 Å². The highest BCUT2D eigenvalue weighted by atomic mass is 16.5. The van der Waals surface area contributed by atoms with Crippen molar-refractivity contribution < 1.29 is 9.53 Å². The molecule has 1 aromatic rings. The second-order valence-electron chi connectivity index (χ2n) is 5.01. The SMILES string of the molecule is CC(=O)OC(C)CCCCn1c(=O)c(N)c(N)n(C)c1=O. The minimum absolute atomic E-state index is 0.0234. The molecule has 1 unspecified atom stereocenters. The van der Waals surface area contributed by atoms with Crippen LogP contribution in [0.1, 0.15) is 33.1 Å². The molecule has 1 heterocycles. The van der Waals surface area contributed by atoms with Crippen molar-refractivity contribution in [2.24, 2.45) is 7.05 Å². The van der Waals surface area contributed by atoms with Gasteiger partial charge in [-0.1, -0.05) is 0 Å². The fraction of sp³-hybridized carbons (Fsp3) is 0.615. The van der Waals surface area contributed by atoms with Gasteiger partial charge in [-0.3, -0.25) is 18.7 Å². The van der Waals surface area contributed by atoms with Gasteiger partial charge in [0, 0.05) is 20.5 Å². The van der Waals surface area contributed by atoms with Gasteiger partial charge in [0.25, 0.3) is 5.56 Å². The number of anilines is 2. The van der Waals surface area contributed by atoms with Crippen molar-refractivity contribution in [3.05, 3.63) is 20.8 Å². The molecule has 0 aliphatic heterocycles. The fourth-order valence-electron chi connectivity index (χ4n) is 2.05. The Balaban J connectivity index is 2.68. The second-order valence-corrected chi connectivity index (χ2v) is 5.01. The summed E-state index contributed by atoms with van der Waals surface area (Å²) in [6.07, 6.45) is 1.80. The van der Waals surface area contributed by atoms with E-state index in [1.54, 1.807) is 6.92 Å². The van der Waals surface area contributed by atoms with Gasteiger partial charge in [-0.2, -0.15) is 0 Å². The number of nitrogen functional groups attached to an aromatic ring is 2. The van der Waals surface area contributed by atoms with Crippen LogP contribution in [-0.4, -0.2) is 21.2 Å². The fourth-order valence-corrected chi connectivity index (χ4v) is 2.05. The van der Waals surface area contributed by atoms with Crippen molar-refractivity contribution in [2.75, 3.05) is 11.5 Å². The van der Waals surface area contributed by atoms with Crippen LogP contribution in [0.15, 0.2) is 9.59 Å². The average molecular weight is 298 g/mol. The lowest BCUT2D eigenvalue weighted by Gasteiger charge is -2.13. The Kier molecular flexibility index (Phi) is 5.57. The highest BCUT2D eigenvalue weighted by Gasteiger charge is 2.12. The van der Waals surface area contributed by atoms with E-state index in [9.17, 15) is 14.4 Å². The van der Waals surface area contributed by atoms with E-state index in [-0.39, 0.29) is 30.1 Å². The summed E-state index contributed by atoms with van der Waals surface area (Å²) in [6, 6.07) is 0. The zero-order chi connectivity index (χ0) is 16.2. The van der Waals surface area contributed by atoms with Gasteiger partial charge in [0.05, 0.1) is 6.10 Å². The predicted octanol–water partition coefficient (Wildman–Crippen LogP) is -0.167. The molecule has 1 rings (SSSR count). The molecule has 118 valence electrons. The van der Waals surface area contributed by atoms with Crippen LogP contribution in [0, 0.1) is 0 Å². The van der Waals surface area contributed by atoms with Crippen molar-refractivity contribution in [3.8, 4) is 0 Å². The lowest BCUT2D eigenvalue weighted by Crippen LogP contribution is -2.41. The van der Waals surface area contributed by atoms with E-state index >= 15 is 0 Å². The quantitative estimate of drug-likeness (QED) is 0.555. The number of nitrogens with two attached hydrogens (primary N) is 2. The van der Waals surface area contributed by atoms with Gasteiger partial charge in [0.15, 0.2) is 0 Å². The summed E-state index contributed by atoms with van der Waals surface area (Å²) >= 11 is 0. The van der Waals surface area contributed by atoms with E-state index in [1.165, 1.54) is 14.0 Å². The molecule has 8 heteroatoms. The van der Waals surface area contributed by atoms with Gasteiger partial charge >= 0.3 is 11.7 Å². The smallest absolute Gasteiger partial charge is 0.332 e. The predicted molar refractivity (Wildman–Crippen MR) is 79.8 cm³/mol. The number of carbonyl (C=O) groups excluding carboxylic acids is 1. The molecule has 0 amide bonds. The minimum atomic E-state index is -0.566. The van der Waals surface area contributed by atoms with Gasteiger partial charge in [-0.15, -0.1) is 0 Å². The number of ether oxygens (including phenoxy) is 1. The number of esters is 1. The van der Waals surface area contributed by atoms with Crippen molar-refractivity contribution in [1.82, 2.24) is 9.13 Å². The molecular weight excluding hydrogens is 276 g/mol. The summed E-state index contributed by atoms with van der Waals surface area (Å²) in [6.45, 7) is 3.41. The third kappa shape index (κ3) is 4.11. The first-order valence-corrected chi connectivity index (χ1v) is 6.77. The third-order valence-electron chi connectivity index (χ3n) is 3.24. The molecule has 0 aromatic carbocycles. The number of nitrogens with zero attached hydrogens (tertiary/aromatic N) is 2. The maximum absolute atomic E-state index is 12.0. The van der Waals surface area contributed by atoms with Crippen LogP contribution in [0.4, 0.5) is 11.5 Å². The Labute approximate surface area is 122 Å². The molecule has 4 N–H and O–H groups in total. The molecule has 0 spiro atoms. The topological polar surface area (TPSA) is 122 Å². The molecule has 0 saturated carbocycles. The molecule has 0 aliphatic carbocycles. The summed E-state index contributed by atoms with van der Waals surface area (Å²) in [5.74, 6) is -0.344. The molecular formula is C13H22N4O4. The van der Waals surface area contributed by atoms with E-state index in [1.807, 2.05) is 0 Å². The highest BCUT2D eigenvalue weighted by molar-refractivity contribution is 5.66. The van der Waals surface area contributed by atoms with E-state index in [0.29, 0.717) is 19.3 Å². The Morgan fingerprint density at radius 2 is 1.90 bits per heavy atom. The van der Waals surface area contributed by atoms with E-state index in [0.717, 1.165) is 9.13 Å². The summed E-state index contributed by atoms with van der Waals surface area (Å²) in [5, 5.41) is 0. The zero-order valence-corrected chi connectivity index (χ0v) is 12.6. The van der Waals surface area contributed by atoms with Crippen molar-refractivity contribution in [2.45, 2.75) is 45.8 Å². The number of hydrogen-bond acceptors (Lipinski definition) is 6. The number of aromatic nitrogens is 2. The molecule has 0 bridgehead atoms. The standard InChI is InChI=1S/C13H22N4O4/c1-8(21-9(2)18)6-4-5-7-17-12(19)10(14)11(15)16(3)13(17)20/h8H,4-7,14-15H2,1-3H3. The molecule has 8 nitrogen and oxygen atoms in total. The van der Waals surface area contributed by atoms with Gasteiger partial charge in [0.2, 0.25) is 0 Å². The van der Waals surface area contributed by atoms with E-state index < -0.39 is 11.2 Å². The second kappa shape index (κ2) is 6.96. The Bertz CT molecular complexity index is 595. The monoisotopic (exact) mass is 298 g/mol. The van der Waals surface area contributed by atoms with Crippen LogP contribution in [0.2, 0.25) is 0 Å². The first-order valence-electron chi connectivity index (χ1n) is 6.77. The molecule has 0 fully saturated rings. The Morgan fingerprint density at radius 1 is 1.29 bits per heavy atom.